The molecule has 2 amide bonds. The summed E-state index contributed by atoms with van der Waals surface area (Å²) in [5.74, 6) is -0.912. The summed E-state index contributed by atoms with van der Waals surface area (Å²) in [7, 11) is 0. The molecule has 1 aliphatic heterocycles. The van der Waals surface area contributed by atoms with Crippen molar-refractivity contribution in [2.24, 2.45) is 0 Å². The number of piperazine rings is 1. The van der Waals surface area contributed by atoms with E-state index in [1.165, 1.54) is 17.0 Å². The van der Waals surface area contributed by atoms with E-state index in [2.05, 4.69) is 10.2 Å². The molecule has 0 saturated carbocycles. The summed E-state index contributed by atoms with van der Waals surface area (Å²) in [5, 5.41) is 2.56. The van der Waals surface area contributed by atoms with Gasteiger partial charge in [0.25, 0.3) is 0 Å². The van der Waals surface area contributed by atoms with E-state index in [-0.39, 0.29) is 5.82 Å². The highest BCUT2D eigenvalue weighted by Gasteiger charge is 2.25. The maximum atomic E-state index is 12.9. The molecule has 1 aliphatic rings. The van der Waals surface area contributed by atoms with Crippen LogP contribution < -0.4 is 10.2 Å². The molecule has 1 aromatic rings. The largest absolute Gasteiger partial charge is 0.368 e. The molecule has 1 N–H and O–H groups in total. The van der Waals surface area contributed by atoms with Crippen LogP contribution >= 0.6 is 11.6 Å². The number of anilines is 1. The Morgan fingerprint density at radius 3 is 2.36 bits per heavy atom. The summed E-state index contributed by atoms with van der Waals surface area (Å²) in [6.07, 6.45) is 0.638. The van der Waals surface area contributed by atoms with Crippen LogP contribution in [0.1, 0.15) is 6.42 Å². The second-order valence-corrected chi connectivity index (χ2v) is 5.43. The van der Waals surface area contributed by atoms with Crippen LogP contribution in [0.2, 0.25) is 0 Å². The molecule has 0 aliphatic carbocycles. The predicted molar refractivity (Wildman–Crippen MR) is 83.5 cm³/mol. The molecular weight excluding hydrogens is 309 g/mol. The number of amides is 2. The molecule has 0 spiro atoms. The van der Waals surface area contributed by atoms with Crippen LogP contribution in [0.3, 0.4) is 0 Å². The van der Waals surface area contributed by atoms with Gasteiger partial charge in [-0.3, -0.25) is 9.59 Å². The van der Waals surface area contributed by atoms with Crippen molar-refractivity contribution in [3.8, 4) is 0 Å². The zero-order valence-electron chi connectivity index (χ0n) is 12.2. The summed E-state index contributed by atoms with van der Waals surface area (Å²) in [5.41, 5.74) is 0.917. The molecule has 1 fully saturated rings. The first-order valence-electron chi connectivity index (χ1n) is 7.25. The highest BCUT2D eigenvalue weighted by atomic mass is 35.5. The minimum atomic E-state index is -0.583. The van der Waals surface area contributed by atoms with Gasteiger partial charge in [-0.2, -0.15) is 0 Å². The number of hydrogen-bond donors (Lipinski definition) is 1. The third-order valence-corrected chi connectivity index (χ3v) is 3.82. The summed E-state index contributed by atoms with van der Waals surface area (Å²) in [4.78, 5) is 27.3. The van der Waals surface area contributed by atoms with E-state index in [0.29, 0.717) is 45.0 Å². The van der Waals surface area contributed by atoms with Gasteiger partial charge in [0.1, 0.15) is 5.82 Å². The molecule has 120 valence electrons. The lowest BCUT2D eigenvalue weighted by Gasteiger charge is -2.35. The maximum Gasteiger partial charge on any atom is 0.312 e. The Morgan fingerprint density at radius 2 is 1.77 bits per heavy atom. The third-order valence-electron chi connectivity index (χ3n) is 3.55. The Balaban J connectivity index is 1.82. The van der Waals surface area contributed by atoms with Gasteiger partial charge < -0.3 is 15.1 Å². The van der Waals surface area contributed by atoms with Crippen LogP contribution in [0.25, 0.3) is 0 Å². The number of carbonyl (C=O) groups excluding carboxylic acids is 2. The second-order valence-electron chi connectivity index (χ2n) is 5.05. The van der Waals surface area contributed by atoms with E-state index in [4.69, 9.17) is 11.6 Å². The van der Waals surface area contributed by atoms with Crippen molar-refractivity contribution >= 4 is 29.1 Å². The minimum absolute atomic E-state index is 0.272. The van der Waals surface area contributed by atoms with Crippen LogP contribution in [0.5, 0.6) is 0 Å². The first-order valence-corrected chi connectivity index (χ1v) is 7.79. The molecule has 2 rings (SSSR count). The zero-order valence-corrected chi connectivity index (χ0v) is 13.0. The molecule has 7 heteroatoms. The Morgan fingerprint density at radius 1 is 1.14 bits per heavy atom. The highest BCUT2D eigenvalue weighted by molar-refractivity contribution is 6.35. The fourth-order valence-electron chi connectivity index (χ4n) is 2.31. The van der Waals surface area contributed by atoms with Crippen LogP contribution in [-0.4, -0.2) is 55.3 Å². The standard InChI is InChI=1S/C15H19ClFN3O2/c16-6-1-7-18-14(21)15(22)20-10-8-19(9-11-20)13-4-2-12(17)3-5-13/h2-5H,1,6-11H2,(H,18,21). The SMILES string of the molecule is O=C(NCCCCl)C(=O)N1CCN(c2ccc(F)cc2)CC1. The van der Waals surface area contributed by atoms with Gasteiger partial charge >= 0.3 is 11.8 Å². The van der Waals surface area contributed by atoms with Gasteiger partial charge in [0.05, 0.1) is 0 Å². The van der Waals surface area contributed by atoms with Crippen LogP contribution in [0, 0.1) is 5.82 Å². The van der Waals surface area contributed by atoms with Crippen LogP contribution in [0.15, 0.2) is 24.3 Å². The second kappa shape index (κ2) is 7.98. The summed E-state index contributed by atoms with van der Waals surface area (Å²) >= 11 is 5.52. The Hall–Kier alpha value is -1.82. The van der Waals surface area contributed by atoms with Crippen molar-refractivity contribution in [2.75, 3.05) is 43.5 Å². The number of rotatable bonds is 4. The van der Waals surface area contributed by atoms with Crippen LogP contribution in [0.4, 0.5) is 10.1 Å². The molecule has 0 aromatic heterocycles. The number of nitrogens with one attached hydrogen (secondary N) is 1. The molecule has 1 heterocycles. The lowest BCUT2D eigenvalue weighted by atomic mass is 10.2. The number of nitrogens with zero attached hydrogens (tertiary/aromatic N) is 2. The van der Waals surface area contributed by atoms with E-state index in [9.17, 15) is 14.0 Å². The first kappa shape index (κ1) is 16.5. The van der Waals surface area contributed by atoms with Crippen molar-refractivity contribution in [1.29, 1.82) is 0 Å². The lowest BCUT2D eigenvalue weighted by Crippen LogP contribution is -2.52. The average molecular weight is 328 g/mol. The molecule has 0 radical (unpaired) electrons. The predicted octanol–water partition coefficient (Wildman–Crippen LogP) is 1.22. The fourth-order valence-corrected chi connectivity index (χ4v) is 2.44. The molecule has 22 heavy (non-hydrogen) atoms. The molecule has 0 atom stereocenters. The van der Waals surface area contributed by atoms with Crippen molar-refractivity contribution in [3.63, 3.8) is 0 Å². The maximum absolute atomic E-state index is 12.9. The van der Waals surface area contributed by atoms with E-state index >= 15 is 0 Å². The van der Waals surface area contributed by atoms with E-state index in [0.717, 1.165) is 5.69 Å². The Labute approximate surface area is 134 Å². The summed E-state index contributed by atoms with van der Waals surface area (Å²) in [6, 6.07) is 6.26. The highest BCUT2D eigenvalue weighted by Crippen LogP contribution is 2.16. The number of carbonyl (C=O) groups is 2. The van der Waals surface area contributed by atoms with E-state index in [1.54, 1.807) is 12.1 Å². The summed E-state index contributed by atoms with van der Waals surface area (Å²) < 4.78 is 12.9. The van der Waals surface area contributed by atoms with Crippen LogP contribution in [-0.2, 0) is 9.59 Å². The first-order chi connectivity index (χ1) is 10.6. The van der Waals surface area contributed by atoms with Gasteiger partial charge in [0.15, 0.2) is 0 Å². The van der Waals surface area contributed by atoms with Gasteiger partial charge in [-0.25, -0.2) is 4.39 Å². The quantitative estimate of drug-likeness (QED) is 0.514. The molecule has 1 aromatic carbocycles. The van der Waals surface area contributed by atoms with Crippen molar-refractivity contribution in [2.45, 2.75) is 6.42 Å². The molecule has 0 unspecified atom stereocenters. The van der Waals surface area contributed by atoms with Gasteiger partial charge in [0.2, 0.25) is 0 Å². The van der Waals surface area contributed by atoms with Gasteiger partial charge in [-0.05, 0) is 30.7 Å². The fraction of sp³-hybridized carbons (Fsp3) is 0.467. The normalized spacial score (nSPS) is 14.8. The Bertz CT molecular complexity index is 516. The topological polar surface area (TPSA) is 52.7 Å². The van der Waals surface area contributed by atoms with E-state index < -0.39 is 11.8 Å². The monoisotopic (exact) mass is 327 g/mol. The van der Waals surface area contributed by atoms with Crippen molar-refractivity contribution < 1.29 is 14.0 Å². The zero-order chi connectivity index (χ0) is 15.9. The lowest BCUT2D eigenvalue weighted by molar-refractivity contribution is -0.146. The van der Waals surface area contributed by atoms with E-state index in [1.807, 2.05) is 0 Å². The van der Waals surface area contributed by atoms with Crippen molar-refractivity contribution in [3.05, 3.63) is 30.1 Å². The molecule has 1 saturated heterocycles. The number of hydrogen-bond acceptors (Lipinski definition) is 3. The number of alkyl halides is 1. The smallest absolute Gasteiger partial charge is 0.312 e. The Kier molecular flexibility index (Phi) is 6.00. The molecular formula is C15H19ClFN3O2. The molecule has 5 nitrogen and oxygen atoms in total. The average Bonchev–Trinajstić information content (AvgIpc) is 2.55. The number of halogens is 2. The van der Waals surface area contributed by atoms with Gasteiger partial charge in [-0.1, -0.05) is 0 Å². The van der Waals surface area contributed by atoms with Gasteiger partial charge in [0, 0.05) is 44.3 Å². The minimum Gasteiger partial charge on any atom is -0.368 e. The molecule has 0 bridgehead atoms. The third kappa shape index (κ3) is 4.34. The van der Waals surface area contributed by atoms with Crippen molar-refractivity contribution in [1.82, 2.24) is 10.2 Å². The number of benzene rings is 1. The van der Waals surface area contributed by atoms with Gasteiger partial charge in [-0.15, -0.1) is 11.6 Å². The summed E-state index contributed by atoms with van der Waals surface area (Å²) in [6.45, 7) is 2.58.